The Hall–Kier alpha value is -2.94. The number of hydrogen-bond donors (Lipinski definition) is 1. The van der Waals surface area contributed by atoms with E-state index in [1.54, 1.807) is 24.4 Å². The third kappa shape index (κ3) is 6.03. The van der Waals surface area contributed by atoms with Gasteiger partial charge in [-0.25, -0.2) is 0 Å². The Morgan fingerprint density at radius 2 is 2.00 bits per heavy atom. The molecule has 2 unspecified atom stereocenters. The molecule has 1 N–H and O–H groups in total. The van der Waals surface area contributed by atoms with Crippen molar-refractivity contribution in [3.8, 4) is 5.75 Å². The predicted molar refractivity (Wildman–Crippen MR) is 106 cm³/mol. The van der Waals surface area contributed by atoms with Crippen LogP contribution in [0.1, 0.15) is 35.9 Å². The van der Waals surface area contributed by atoms with Crippen LogP contribution < -0.4 is 10.1 Å². The molecule has 1 aromatic heterocycles. The van der Waals surface area contributed by atoms with E-state index in [0.717, 1.165) is 31.0 Å². The number of aromatic nitrogens is 2. The average molecular weight is 420 g/mol. The van der Waals surface area contributed by atoms with E-state index in [1.807, 2.05) is 12.1 Å². The minimum absolute atomic E-state index is 0.0679. The summed E-state index contributed by atoms with van der Waals surface area (Å²) in [6, 6.07) is 9.45. The number of halogens is 3. The molecule has 0 bridgehead atoms. The molecule has 6 nitrogen and oxygen atoms in total. The fourth-order valence-corrected chi connectivity index (χ4v) is 3.15. The van der Waals surface area contributed by atoms with Crippen molar-refractivity contribution >= 4 is 6.21 Å². The molecular formula is C21H23F3N4O2. The normalized spacial score (nSPS) is 18.2. The number of hydrogen-bond acceptors (Lipinski definition) is 6. The second-order valence-corrected chi connectivity index (χ2v) is 6.87. The van der Waals surface area contributed by atoms with Gasteiger partial charge >= 0.3 is 6.18 Å². The van der Waals surface area contributed by atoms with Gasteiger partial charge in [0.15, 0.2) is 5.69 Å². The third-order valence-electron chi connectivity index (χ3n) is 4.64. The topological polar surface area (TPSA) is 68.6 Å². The Bertz CT molecular complexity index is 833. The Labute approximate surface area is 172 Å². The summed E-state index contributed by atoms with van der Waals surface area (Å²) < 4.78 is 44.6. The van der Waals surface area contributed by atoms with Gasteiger partial charge in [0.05, 0.1) is 6.21 Å². The molecule has 2 heterocycles. The number of oxime groups is 1. The summed E-state index contributed by atoms with van der Waals surface area (Å²) in [6.07, 6.45) is -0.0375. The molecule has 9 heteroatoms. The van der Waals surface area contributed by atoms with Crippen LogP contribution in [0.15, 0.2) is 54.2 Å². The zero-order valence-corrected chi connectivity index (χ0v) is 16.3. The lowest BCUT2D eigenvalue weighted by Gasteiger charge is -2.30. The third-order valence-corrected chi connectivity index (χ3v) is 4.64. The van der Waals surface area contributed by atoms with Crippen molar-refractivity contribution in [2.45, 2.75) is 25.1 Å². The minimum atomic E-state index is -4.53. The summed E-state index contributed by atoms with van der Waals surface area (Å²) in [4.78, 5) is 4.97. The smallest absolute Gasteiger partial charge is 0.435 e. The summed E-state index contributed by atoms with van der Waals surface area (Å²) >= 11 is 0. The fourth-order valence-electron chi connectivity index (χ4n) is 3.15. The van der Waals surface area contributed by atoms with Crippen LogP contribution >= 0.6 is 0 Å². The maximum Gasteiger partial charge on any atom is 0.435 e. The Morgan fingerprint density at radius 1 is 1.20 bits per heavy atom. The fraction of sp³-hybridized carbons (Fsp3) is 0.381. The van der Waals surface area contributed by atoms with E-state index in [1.165, 1.54) is 6.07 Å². The summed E-state index contributed by atoms with van der Waals surface area (Å²) in [7, 11) is 0. The van der Waals surface area contributed by atoms with E-state index < -0.39 is 18.0 Å². The van der Waals surface area contributed by atoms with Crippen LogP contribution in [0.5, 0.6) is 5.75 Å². The molecule has 0 aliphatic carbocycles. The Kier molecular flexibility index (Phi) is 7.40. The van der Waals surface area contributed by atoms with Gasteiger partial charge in [-0.15, -0.1) is 5.10 Å². The quantitative estimate of drug-likeness (QED) is 0.301. The van der Waals surface area contributed by atoms with Crippen molar-refractivity contribution < 1.29 is 22.7 Å². The largest absolute Gasteiger partial charge is 0.484 e. The molecule has 1 saturated heterocycles. The van der Waals surface area contributed by atoms with Gasteiger partial charge in [-0.05, 0) is 61.3 Å². The van der Waals surface area contributed by atoms with Crippen LogP contribution in [0.25, 0.3) is 0 Å². The second-order valence-electron chi connectivity index (χ2n) is 6.87. The van der Waals surface area contributed by atoms with Gasteiger partial charge in [0.1, 0.15) is 24.2 Å². The van der Waals surface area contributed by atoms with Crippen molar-refractivity contribution in [3.05, 3.63) is 66.0 Å². The molecule has 1 aromatic carbocycles. The van der Waals surface area contributed by atoms with Crippen LogP contribution in [-0.4, -0.2) is 36.1 Å². The first kappa shape index (κ1) is 21.8. The van der Waals surface area contributed by atoms with Gasteiger partial charge in [0.2, 0.25) is 0 Å². The van der Waals surface area contributed by atoms with Gasteiger partial charge in [-0.2, -0.15) is 18.3 Å². The molecule has 0 radical (unpaired) electrons. The van der Waals surface area contributed by atoms with Crippen molar-refractivity contribution in [2.24, 2.45) is 11.1 Å². The van der Waals surface area contributed by atoms with Crippen LogP contribution in [0.2, 0.25) is 0 Å². The molecule has 2 aromatic rings. The molecule has 1 aliphatic rings. The lowest BCUT2D eigenvalue weighted by Crippen LogP contribution is -2.35. The predicted octanol–water partition coefficient (Wildman–Crippen LogP) is 4.15. The van der Waals surface area contributed by atoms with Gasteiger partial charge in [0, 0.05) is 12.5 Å². The first-order chi connectivity index (χ1) is 14.5. The Morgan fingerprint density at radius 3 is 2.60 bits per heavy atom. The maximum atomic E-state index is 12.8. The van der Waals surface area contributed by atoms with Crippen LogP contribution in [0.3, 0.4) is 0 Å². The van der Waals surface area contributed by atoms with Crippen LogP contribution in [0.4, 0.5) is 13.2 Å². The summed E-state index contributed by atoms with van der Waals surface area (Å²) in [5, 5.41) is 14.3. The van der Waals surface area contributed by atoms with Gasteiger partial charge in [0.25, 0.3) is 0 Å². The number of benzene rings is 1. The summed E-state index contributed by atoms with van der Waals surface area (Å²) in [6.45, 7) is 5.46. The van der Waals surface area contributed by atoms with Gasteiger partial charge in [-0.3, -0.25) is 0 Å². The van der Waals surface area contributed by atoms with E-state index in [0.29, 0.717) is 24.6 Å². The lowest BCUT2D eigenvalue weighted by molar-refractivity contribution is -0.141. The molecule has 3 rings (SSSR count). The van der Waals surface area contributed by atoms with E-state index in [9.17, 15) is 13.2 Å². The molecule has 160 valence electrons. The number of nitrogens with zero attached hydrogens (tertiary/aromatic N) is 3. The maximum absolute atomic E-state index is 12.8. The summed E-state index contributed by atoms with van der Waals surface area (Å²) in [5.74, 6) is 0.648. The number of alkyl halides is 3. The molecule has 0 saturated carbocycles. The number of rotatable bonds is 8. The number of ether oxygens (including phenoxy) is 1. The average Bonchev–Trinajstić information content (AvgIpc) is 2.76. The van der Waals surface area contributed by atoms with Gasteiger partial charge in [-0.1, -0.05) is 17.8 Å². The summed E-state index contributed by atoms with van der Waals surface area (Å²) in [5.41, 5.74) is 0.172. The number of piperidine rings is 1. The highest BCUT2D eigenvalue weighted by atomic mass is 19.4. The van der Waals surface area contributed by atoms with Crippen molar-refractivity contribution in [3.63, 3.8) is 0 Å². The van der Waals surface area contributed by atoms with Crippen molar-refractivity contribution in [1.82, 2.24) is 15.5 Å². The van der Waals surface area contributed by atoms with Crippen LogP contribution in [0, 0.1) is 5.92 Å². The highest BCUT2D eigenvalue weighted by molar-refractivity contribution is 5.79. The van der Waals surface area contributed by atoms with Gasteiger partial charge < -0.3 is 14.9 Å². The zero-order chi connectivity index (χ0) is 21.4. The van der Waals surface area contributed by atoms with E-state index in [-0.39, 0.29) is 5.92 Å². The zero-order valence-electron chi connectivity index (χ0n) is 16.3. The van der Waals surface area contributed by atoms with E-state index in [2.05, 4.69) is 27.2 Å². The molecule has 2 atom stereocenters. The first-order valence-electron chi connectivity index (χ1n) is 9.62. The molecule has 30 heavy (non-hydrogen) atoms. The highest BCUT2D eigenvalue weighted by Crippen LogP contribution is 2.33. The van der Waals surface area contributed by atoms with Crippen molar-refractivity contribution in [1.29, 1.82) is 0 Å². The first-order valence-corrected chi connectivity index (χ1v) is 9.62. The number of nitrogens with one attached hydrogen (secondary N) is 1. The van der Waals surface area contributed by atoms with E-state index >= 15 is 0 Å². The highest BCUT2D eigenvalue weighted by Gasteiger charge is 2.34. The standard InChI is InChI=1S/C21H23F3N4O2/c1-2-12-29-26-13-15-5-7-17(8-6-15)30-20(16-4-3-11-25-14-16)18-9-10-19(28-27-18)21(22,23)24/h2,5-10,13,16,20,25H,1,3-4,11-12,14H2. The SMILES string of the molecule is C=CCON=Cc1ccc(OC(c2ccc(C(F)(F)F)nn2)C2CCCNC2)cc1. The molecule has 0 amide bonds. The molecule has 1 aliphatic heterocycles. The second kappa shape index (κ2) is 10.2. The molecule has 0 spiro atoms. The van der Waals surface area contributed by atoms with E-state index in [4.69, 9.17) is 9.57 Å². The molecular weight excluding hydrogens is 397 g/mol. The van der Waals surface area contributed by atoms with Crippen molar-refractivity contribution in [2.75, 3.05) is 19.7 Å². The van der Waals surface area contributed by atoms with Crippen LogP contribution in [-0.2, 0) is 11.0 Å². The lowest BCUT2D eigenvalue weighted by atomic mass is 9.91. The minimum Gasteiger partial charge on any atom is -0.484 e. The Balaban J connectivity index is 1.76. The monoisotopic (exact) mass is 420 g/mol. The molecule has 1 fully saturated rings.